The van der Waals surface area contributed by atoms with Gasteiger partial charge in [0.25, 0.3) is 0 Å². The van der Waals surface area contributed by atoms with Gasteiger partial charge in [-0.15, -0.1) is 11.3 Å². The van der Waals surface area contributed by atoms with Crippen LogP contribution in [0.3, 0.4) is 0 Å². The van der Waals surface area contributed by atoms with Crippen LogP contribution >= 0.6 is 11.3 Å². The molecular weight excluding hydrogens is 298 g/mol. The minimum absolute atomic E-state index is 0.445. The van der Waals surface area contributed by atoms with Gasteiger partial charge in [0.15, 0.2) is 0 Å². The van der Waals surface area contributed by atoms with Gasteiger partial charge in [-0.2, -0.15) is 0 Å². The molecule has 0 amide bonds. The molecule has 1 atom stereocenters. The molecule has 3 heterocycles. The molecule has 2 aliphatic rings. The average Bonchev–Trinajstić information content (AvgIpc) is 3.20. The lowest BCUT2D eigenvalue weighted by Crippen LogP contribution is -2.36. The van der Waals surface area contributed by atoms with E-state index in [1.807, 2.05) is 11.8 Å². The molecule has 0 radical (unpaired) electrons. The van der Waals surface area contributed by atoms with Crippen LogP contribution in [-0.4, -0.2) is 33.6 Å². The van der Waals surface area contributed by atoms with Crippen LogP contribution in [0.5, 0.6) is 0 Å². The average molecular weight is 317 g/mol. The monoisotopic (exact) mass is 317 g/mol. The fourth-order valence-electron chi connectivity index (χ4n) is 3.66. The van der Waals surface area contributed by atoms with E-state index in [2.05, 4.69) is 0 Å². The lowest BCUT2D eigenvalue weighted by molar-refractivity contribution is -0.138. The maximum absolute atomic E-state index is 11.6. The van der Waals surface area contributed by atoms with Gasteiger partial charge in [0, 0.05) is 17.8 Å². The third-order valence-corrected chi connectivity index (χ3v) is 5.90. The molecule has 6 heteroatoms. The molecule has 0 spiro atoms. The van der Waals surface area contributed by atoms with E-state index in [1.165, 1.54) is 16.9 Å². The van der Waals surface area contributed by atoms with E-state index in [0.29, 0.717) is 6.42 Å². The Hall–Kier alpha value is -1.69. The van der Waals surface area contributed by atoms with E-state index in [9.17, 15) is 9.90 Å². The highest BCUT2D eigenvalue weighted by Gasteiger charge is 2.34. The van der Waals surface area contributed by atoms with Crippen LogP contribution in [0.15, 0.2) is 0 Å². The molecule has 2 aromatic heterocycles. The number of nitrogens with zero attached hydrogens (tertiary/aromatic N) is 3. The van der Waals surface area contributed by atoms with Crippen molar-refractivity contribution >= 4 is 33.3 Å². The molecule has 1 N–H and O–H groups in total. The van der Waals surface area contributed by atoms with E-state index < -0.39 is 12.0 Å². The maximum Gasteiger partial charge on any atom is 0.326 e. The number of hydrogen-bond acceptors (Lipinski definition) is 5. The molecular formula is C16H19N3O2S. The fraction of sp³-hybridized carbons (Fsp3) is 0.562. The van der Waals surface area contributed by atoms with Crippen LogP contribution in [0.2, 0.25) is 0 Å². The largest absolute Gasteiger partial charge is 0.480 e. The first-order valence-electron chi connectivity index (χ1n) is 7.99. The Kier molecular flexibility index (Phi) is 3.29. The topological polar surface area (TPSA) is 66.3 Å². The number of anilines is 1. The maximum atomic E-state index is 11.6. The first-order chi connectivity index (χ1) is 10.7. The number of carboxylic acid groups (broad SMARTS) is 1. The number of aryl methyl sites for hydroxylation is 3. The summed E-state index contributed by atoms with van der Waals surface area (Å²) in [6.07, 6.45) is 5.78. The molecule has 1 unspecified atom stereocenters. The number of fused-ring (bicyclic) bond motifs is 3. The summed E-state index contributed by atoms with van der Waals surface area (Å²) >= 11 is 1.77. The number of aliphatic carboxylic acids is 1. The van der Waals surface area contributed by atoms with E-state index in [-0.39, 0.29) is 0 Å². The van der Waals surface area contributed by atoms with Crippen molar-refractivity contribution in [3.8, 4) is 0 Å². The van der Waals surface area contributed by atoms with Crippen LogP contribution in [0.4, 0.5) is 5.82 Å². The Balaban J connectivity index is 1.93. The predicted molar refractivity (Wildman–Crippen MR) is 86.8 cm³/mol. The quantitative estimate of drug-likeness (QED) is 0.943. The molecule has 0 bridgehead atoms. The van der Waals surface area contributed by atoms with Crippen molar-refractivity contribution in [2.75, 3.05) is 11.4 Å². The van der Waals surface area contributed by atoms with Crippen molar-refractivity contribution in [1.82, 2.24) is 9.97 Å². The van der Waals surface area contributed by atoms with E-state index in [0.717, 1.165) is 54.1 Å². The van der Waals surface area contributed by atoms with Gasteiger partial charge < -0.3 is 10.0 Å². The van der Waals surface area contributed by atoms with Crippen LogP contribution < -0.4 is 4.90 Å². The van der Waals surface area contributed by atoms with Crippen molar-refractivity contribution in [2.24, 2.45) is 0 Å². The number of hydrogen-bond donors (Lipinski definition) is 1. The Bertz CT molecular complexity index is 755. The smallest absolute Gasteiger partial charge is 0.326 e. The SMILES string of the molecule is CCc1nc(N2CCCC2C(=O)O)c2c3c(sc2n1)CCC3. The molecule has 2 aromatic rings. The molecule has 5 nitrogen and oxygen atoms in total. The summed E-state index contributed by atoms with van der Waals surface area (Å²) in [7, 11) is 0. The van der Waals surface area contributed by atoms with Crippen molar-refractivity contribution in [2.45, 2.75) is 51.5 Å². The molecule has 0 aromatic carbocycles. The second-order valence-corrected chi connectivity index (χ2v) is 7.13. The third-order valence-electron chi connectivity index (χ3n) is 4.72. The zero-order valence-corrected chi connectivity index (χ0v) is 13.4. The number of rotatable bonds is 3. The second kappa shape index (κ2) is 5.19. The van der Waals surface area contributed by atoms with Crippen molar-refractivity contribution in [3.05, 3.63) is 16.3 Å². The number of carboxylic acids is 1. The summed E-state index contributed by atoms with van der Waals surface area (Å²) in [5, 5.41) is 10.6. The predicted octanol–water partition coefficient (Wildman–Crippen LogP) is 2.80. The molecule has 1 fully saturated rings. The number of carbonyl (C=O) groups is 1. The van der Waals surface area contributed by atoms with Gasteiger partial charge in [0.05, 0.1) is 5.39 Å². The third kappa shape index (κ3) is 2.00. The second-order valence-electron chi connectivity index (χ2n) is 6.04. The van der Waals surface area contributed by atoms with Gasteiger partial charge in [-0.25, -0.2) is 14.8 Å². The highest BCUT2D eigenvalue weighted by molar-refractivity contribution is 7.19. The molecule has 1 aliphatic heterocycles. The van der Waals surface area contributed by atoms with Crippen molar-refractivity contribution in [3.63, 3.8) is 0 Å². The van der Waals surface area contributed by atoms with Crippen LogP contribution in [0, 0.1) is 0 Å². The minimum atomic E-state index is -0.741. The van der Waals surface area contributed by atoms with Gasteiger partial charge in [0.1, 0.15) is 22.5 Å². The van der Waals surface area contributed by atoms with Gasteiger partial charge in [-0.1, -0.05) is 6.92 Å². The van der Waals surface area contributed by atoms with Crippen LogP contribution in [0.25, 0.3) is 10.2 Å². The fourth-order valence-corrected chi connectivity index (χ4v) is 4.94. The van der Waals surface area contributed by atoms with Gasteiger partial charge >= 0.3 is 5.97 Å². The highest BCUT2D eigenvalue weighted by atomic mass is 32.1. The Morgan fingerprint density at radius 3 is 3.00 bits per heavy atom. The standard InChI is InChI=1S/C16H19N3O2S/c1-2-12-17-14(19-8-4-6-10(19)16(20)21)13-9-5-3-7-11(9)22-15(13)18-12/h10H,2-8H2,1H3,(H,20,21). The Labute approximate surface area is 133 Å². The molecule has 116 valence electrons. The van der Waals surface area contributed by atoms with Gasteiger partial charge in [-0.3, -0.25) is 0 Å². The summed E-state index contributed by atoms with van der Waals surface area (Å²) in [5.74, 6) is 0.943. The van der Waals surface area contributed by atoms with Gasteiger partial charge in [0.2, 0.25) is 0 Å². The zero-order valence-electron chi connectivity index (χ0n) is 12.6. The van der Waals surface area contributed by atoms with Gasteiger partial charge in [-0.05, 0) is 37.7 Å². The Morgan fingerprint density at radius 1 is 1.36 bits per heavy atom. The van der Waals surface area contributed by atoms with E-state index in [4.69, 9.17) is 9.97 Å². The summed E-state index contributed by atoms with van der Waals surface area (Å²) in [6, 6.07) is -0.445. The summed E-state index contributed by atoms with van der Waals surface area (Å²) in [6.45, 7) is 2.82. The first kappa shape index (κ1) is 13.9. The van der Waals surface area contributed by atoms with Crippen LogP contribution in [0.1, 0.15) is 42.5 Å². The minimum Gasteiger partial charge on any atom is -0.480 e. The van der Waals surface area contributed by atoms with Crippen molar-refractivity contribution in [1.29, 1.82) is 0 Å². The van der Waals surface area contributed by atoms with E-state index >= 15 is 0 Å². The molecule has 1 aliphatic carbocycles. The summed E-state index contributed by atoms with van der Waals surface area (Å²) in [4.78, 5) is 25.5. The highest BCUT2D eigenvalue weighted by Crippen LogP contribution is 2.42. The first-order valence-corrected chi connectivity index (χ1v) is 8.81. The lowest BCUT2D eigenvalue weighted by atomic mass is 10.1. The van der Waals surface area contributed by atoms with E-state index in [1.54, 1.807) is 11.3 Å². The normalized spacial score (nSPS) is 20.8. The number of aromatic nitrogens is 2. The molecule has 22 heavy (non-hydrogen) atoms. The molecule has 4 rings (SSSR count). The Morgan fingerprint density at radius 2 is 2.23 bits per heavy atom. The molecule has 1 saturated heterocycles. The van der Waals surface area contributed by atoms with Crippen molar-refractivity contribution < 1.29 is 9.90 Å². The summed E-state index contributed by atoms with van der Waals surface area (Å²) in [5.41, 5.74) is 1.37. The number of thiophene rings is 1. The lowest BCUT2D eigenvalue weighted by Gasteiger charge is -2.24. The summed E-state index contributed by atoms with van der Waals surface area (Å²) < 4.78 is 0. The zero-order chi connectivity index (χ0) is 15.3. The molecule has 0 saturated carbocycles. The van der Waals surface area contributed by atoms with Crippen LogP contribution in [-0.2, 0) is 24.1 Å².